The van der Waals surface area contributed by atoms with Crippen molar-refractivity contribution in [1.82, 2.24) is 0 Å². The topological polar surface area (TPSA) is 69.4 Å². The van der Waals surface area contributed by atoms with Gasteiger partial charge in [0.25, 0.3) is 5.69 Å². The second-order valence-corrected chi connectivity index (χ2v) is 4.22. The van der Waals surface area contributed by atoms with E-state index in [4.69, 9.17) is 4.74 Å². The van der Waals surface area contributed by atoms with Crippen molar-refractivity contribution < 1.29 is 14.5 Å². The van der Waals surface area contributed by atoms with Crippen molar-refractivity contribution in [2.75, 3.05) is 6.61 Å². The Bertz CT molecular complexity index is 665. The summed E-state index contributed by atoms with van der Waals surface area (Å²) in [5, 5.41) is 10.7. The third-order valence-electron chi connectivity index (χ3n) is 2.78. The van der Waals surface area contributed by atoms with Crippen molar-refractivity contribution in [1.29, 1.82) is 0 Å². The van der Waals surface area contributed by atoms with Gasteiger partial charge in [0.2, 0.25) is 0 Å². The Morgan fingerprint density at radius 1 is 1.14 bits per heavy atom. The molecule has 0 aliphatic heterocycles. The average molecular weight is 283 g/mol. The zero-order valence-corrected chi connectivity index (χ0v) is 11.1. The molecule has 0 amide bonds. The molecule has 2 rings (SSSR count). The Morgan fingerprint density at radius 2 is 1.90 bits per heavy atom. The quantitative estimate of drug-likeness (QED) is 0.462. The summed E-state index contributed by atoms with van der Waals surface area (Å²) in [5.41, 5.74) is 0.833. The van der Waals surface area contributed by atoms with Gasteiger partial charge in [-0.1, -0.05) is 36.4 Å². The van der Waals surface area contributed by atoms with Crippen molar-refractivity contribution in [2.45, 2.75) is 0 Å². The predicted molar refractivity (Wildman–Crippen MR) is 79.5 cm³/mol. The van der Waals surface area contributed by atoms with E-state index < -0.39 is 4.92 Å². The van der Waals surface area contributed by atoms with Gasteiger partial charge in [-0.2, -0.15) is 0 Å². The third-order valence-corrected chi connectivity index (χ3v) is 2.78. The molecule has 0 aliphatic rings. The van der Waals surface area contributed by atoms with Crippen LogP contribution >= 0.6 is 0 Å². The minimum Gasteiger partial charge on any atom is -0.490 e. The molecule has 2 aromatic rings. The van der Waals surface area contributed by atoms with E-state index in [0.29, 0.717) is 18.6 Å². The molecule has 0 unspecified atom stereocenters. The maximum absolute atomic E-state index is 10.8. The minimum atomic E-state index is -0.594. The summed E-state index contributed by atoms with van der Waals surface area (Å²) in [6.07, 6.45) is 4.19. The van der Waals surface area contributed by atoms with Crippen LogP contribution in [0.1, 0.15) is 15.9 Å². The molecule has 0 saturated carbocycles. The number of benzene rings is 2. The summed E-state index contributed by atoms with van der Waals surface area (Å²) >= 11 is 0. The van der Waals surface area contributed by atoms with Crippen LogP contribution in [0.4, 0.5) is 5.69 Å². The molecule has 0 aromatic heterocycles. The monoisotopic (exact) mass is 283 g/mol. The lowest BCUT2D eigenvalue weighted by atomic mass is 10.2. The first-order chi connectivity index (χ1) is 10.2. The summed E-state index contributed by atoms with van der Waals surface area (Å²) < 4.78 is 5.44. The molecule has 0 bridgehead atoms. The zero-order valence-electron chi connectivity index (χ0n) is 11.1. The van der Waals surface area contributed by atoms with E-state index in [9.17, 15) is 14.9 Å². The molecule has 106 valence electrons. The Kier molecular flexibility index (Phi) is 4.82. The van der Waals surface area contributed by atoms with E-state index in [2.05, 4.69) is 0 Å². The highest BCUT2D eigenvalue weighted by Gasteiger charge is 2.13. The number of hydrogen-bond acceptors (Lipinski definition) is 4. The first-order valence-electron chi connectivity index (χ1n) is 6.28. The molecule has 5 nitrogen and oxygen atoms in total. The van der Waals surface area contributed by atoms with Crippen molar-refractivity contribution >= 4 is 18.0 Å². The summed E-state index contributed by atoms with van der Waals surface area (Å²) in [4.78, 5) is 20.9. The average Bonchev–Trinajstić information content (AvgIpc) is 2.52. The molecule has 0 aliphatic carbocycles. The van der Waals surface area contributed by atoms with Crippen LogP contribution in [-0.4, -0.2) is 17.8 Å². The van der Waals surface area contributed by atoms with Gasteiger partial charge in [0, 0.05) is 6.07 Å². The fraction of sp³-hybridized carbons (Fsp3) is 0.0625. The first kappa shape index (κ1) is 14.5. The fourth-order valence-electron chi connectivity index (χ4n) is 1.78. The standard InChI is InChI=1S/C16H13NO4/c18-12-14-11-15(8-9-16(14)17(19)20)21-10-4-7-13-5-2-1-3-6-13/h1-9,11-12H,10H2/b7-4+. The SMILES string of the molecule is O=Cc1cc(OC/C=C/c2ccccc2)ccc1[N+](=O)[O-]. The highest BCUT2D eigenvalue weighted by atomic mass is 16.6. The van der Waals surface area contributed by atoms with Gasteiger partial charge in [-0.05, 0) is 23.8 Å². The number of ether oxygens (including phenoxy) is 1. The number of nitro benzene ring substituents is 1. The zero-order chi connectivity index (χ0) is 15.1. The number of rotatable bonds is 6. The predicted octanol–water partition coefficient (Wildman–Crippen LogP) is 3.50. The molecule has 2 aromatic carbocycles. The molecule has 5 heteroatoms. The second kappa shape index (κ2) is 7.00. The molecule has 0 atom stereocenters. The lowest BCUT2D eigenvalue weighted by molar-refractivity contribution is -0.385. The van der Waals surface area contributed by atoms with Crippen LogP contribution < -0.4 is 4.74 Å². The van der Waals surface area contributed by atoms with E-state index in [1.165, 1.54) is 18.2 Å². The van der Waals surface area contributed by atoms with Crippen LogP contribution in [0.5, 0.6) is 5.75 Å². The van der Waals surface area contributed by atoms with Gasteiger partial charge in [0.1, 0.15) is 12.4 Å². The summed E-state index contributed by atoms with van der Waals surface area (Å²) in [6, 6.07) is 13.8. The van der Waals surface area contributed by atoms with Crippen molar-refractivity contribution in [3.8, 4) is 5.75 Å². The Labute approximate surface area is 121 Å². The summed E-state index contributed by atoms with van der Waals surface area (Å²) in [6.45, 7) is 0.311. The van der Waals surface area contributed by atoms with Crippen molar-refractivity contribution in [3.63, 3.8) is 0 Å². The van der Waals surface area contributed by atoms with E-state index >= 15 is 0 Å². The molecule has 21 heavy (non-hydrogen) atoms. The number of hydrogen-bond donors (Lipinski definition) is 0. The van der Waals surface area contributed by atoms with E-state index in [0.717, 1.165) is 5.56 Å². The van der Waals surface area contributed by atoms with E-state index in [1.807, 2.05) is 42.5 Å². The van der Waals surface area contributed by atoms with Crippen LogP contribution in [0.3, 0.4) is 0 Å². The van der Waals surface area contributed by atoms with Crippen LogP contribution in [0, 0.1) is 10.1 Å². The molecule has 0 saturated heterocycles. The van der Waals surface area contributed by atoms with Crippen LogP contribution in [0.2, 0.25) is 0 Å². The van der Waals surface area contributed by atoms with Gasteiger partial charge < -0.3 is 4.74 Å². The van der Waals surface area contributed by atoms with Crippen LogP contribution in [0.25, 0.3) is 6.08 Å². The van der Waals surface area contributed by atoms with Gasteiger partial charge in [0.15, 0.2) is 6.29 Å². The summed E-state index contributed by atoms with van der Waals surface area (Å²) in [5.74, 6) is 0.417. The molecule has 0 fully saturated rings. The number of aldehydes is 1. The van der Waals surface area contributed by atoms with E-state index in [1.54, 1.807) is 0 Å². The maximum Gasteiger partial charge on any atom is 0.280 e. The Balaban J connectivity index is 1.99. The molecular formula is C16H13NO4. The lowest BCUT2D eigenvalue weighted by Crippen LogP contribution is -1.97. The van der Waals surface area contributed by atoms with E-state index in [-0.39, 0.29) is 11.3 Å². The molecule has 0 heterocycles. The smallest absolute Gasteiger partial charge is 0.280 e. The Morgan fingerprint density at radius 3 is 2.57 bits per heavy atom. The highest BCUT2D eigenvalue weighted by molar-refractivity contribution is 5.82. The maximum atomic E-state index is 10.8. The fourth-order valence-corrected chi connectivity index (χ4v) is 1.78. The molecule has 0 radical (unpaired) electrons. The minimum absolute atomic E-state index is 0.00420. The summed E-state index contributed by atoms with van der Waals surface area (Å²) in [7, 11) is 0. The lowest BCUT2D eigenvalue weighted by Gasteiger charge is -2.04. The normalized spacial score (nSPS) is 10.5. The molecule has 0 spiro atoms. The number of carbonyl (C=O) groups is 1. The van der Waals surface area contributed by atoms with Crippen molar-refractivity contribution in [3.05, 3.63) is 75.8 Å². The van der Waals surface area contributed by atoms with Crippen LogP contribution in [-0.2, 0) is 0 Å². The molecule has 0 N–H and O–H groups in total. The van der Waals surface area contributed by atoms with Crippen molar-refractivity contribution in [2.24, 2.45) is 0 Å². The first-order valence-corrected chi connectivity index (χ1v) is 6.28. The molecular weight excluding hydrogens is 270 g/mol. The van der Waals surface area contributed by atoms with Gasteiger partial charge in [-0.25, -0.2) is 0 Å². The second-order valence-electron chi connectivity index (χ2n) is 4.22. The van der Waals surface area contributed by atoms with Gasteiger partial charge in [-0.3, -0.25) is 14.9 Å². The largest absolute Gasteiger partial charge is 0.490 e. The number of nitrogens with zero attached hydrogens (tertiary/aromatic N) is 1. The third kappa shape index (κ3) is 4.01. The van der Waals surface area contributed by atoms with Crippen LogP contribution in [0.15, 0.2) is 54.6 Å². The van der Waals surface area contributed by atoms with Gasteiger partial charge in [-0.15, -0.1) is 0 Å². The Hall–Kier alpha value is -2.95. The highest BCUT2D eigenvalue weighted by Crippen LogP contribution is 2.22. The number of nitro groups is 1. The van der Waals surface area contributed by atoms with Gasteiger partial charge in [0.05, 0.1) is 10.5 Å². The number of carbonyl (C=O) groups excluding carboxylic acids is 1. The van der Waals surface area contributed by atoms with Gasteiger partial charge >= 0.3 is 0 Å².